The summed E-state index contributed by atoms with van der Waals surface area (Å²) in [7, 11) is 0. The van der Waals surface area contributed by atoms with Crippen LogP contribution in [0.2, 0.25) is 5.02 Å². The van der Waals surface area contributed by atoms with Gasteiger partial charge in [0.15, 0.2) is 0 Å². The highest BCUT2D eigenvalue weighted by molar-refractivity contribution is 6.68. The summed E-state index contributed by atoms with van der Waals surface area (Å²) in [4.78, 5) is 24.2. The number of nitrogens with zero attached hydrogens (tertiary/aromatic N) is 1. The first-order valence-corrected chi connectivity index (χ1v) is 9.46. The van der Waals surface area contributed by atoms with E-state index in [0.717, 1.165) is 4.57 Å². The second kappa shape index (κ2) is 8.91. The van der Waals surface area contributed by atoms with E-state index in [0.29, 0.717) is 15.9 Å². The zero-order valence-electron chi connectivity index (χ0n) is 12.9. The molecule has 0 atom stereocenters. The second-order valence-electron chi connectivity index (χ2n) is 4.95. The molecule has 0 unspecified atom stereocenters. The molecule has 0 bridgehead atoms. The maximum atomic E-state index is 12.4. The van der Waals surface area contributed by atoms with Gasteiger partial charge in [-0.15, -0.1) is 0 Å². The monoisotopic (exact) mass is 515 g/mol. The van der Waals surface area contributed by atoms with Crippen LogP contribution in [0.4, 0.5) is 9.59 Å². The normalized spacial score (nSPS) is 12.1. The average Bonchev–Trinajstić information content (AvgIpc) is 2.86. The van der Waals surface area contributed by atoms with Crippen LogP contribution in [0.3, 0.4) is 0 Å². The number of carbonyl (C=O) groups excluding carboxylic acids is 2. The Morgan fingerprint density at radius 3 is 2.11 bits per heavy atom. The molecule has 6 nitrogen and oxygen atoms in total. The van der Waals surface area contributed by atoms with E-state index in [1.165, 1.54) is 24.3 Å². The van der Waals surface area contributed by atoms with Crippen molar-refractivity contribution >= 4 is 104 Å². The number of hydrogen-bond donors (Lipinski definition) is 0. The van der Waals surface area contributed by atoms with Gasteiger partial charge >= 0.3 is 12.2 Å². The lowest BCUT2D eigenvalue weighted by Gasteiger charge is -2.14. The van der Waals surface area contributed by atoms with Crippen LogP contribution in [0, 0.1) is 0 Å². The van der Waals surface area contributed by atoms with Gasteiger partial charge in [0.2, 0.25) is 13.5 Å². The first kappa shape index (κ1) is 22.8. The molecule has 27 heavy (non-hydrogen) atoms. The average molecular weight is 518 g/mol. The molecule has 0 amide bonds. The third-order valence-corrected chi connectivity index (χ3v) is 3.70. The number of ether oxygens (including phenoxy) is 3. The Bertz CT molecular complexity index is 856. The lowest BCUT2D eigenvalue weighted by molar-refractivity contribution is 0.0970. The fourth-order valence-electron chi connectivity index (χ4n) is 1.89. The van der Waals surface area contributed by atoms with E-state index < -0.39 is 33.0 Å². The predicted molar refractivity (Wildman–Crippen MR) is 106 cm³/mol. The zero-order valence-corrected chi connectivity index (χ0v) is 18.1. The Morgan fingerprint density at radius 1 is 0.926 bits per heavy atom. The summed E-state index contributed by atoms with van der Waals surface area (Å²) in [6.45, 7) is -1.11. The Labute approximate surface area is 188 Å². The maximum Gasteiger partial charge on any atom is 0.515 e. The summed E-state index contributed by atoms with van der Waals surface area (Å²) in [6, 6.07) is 5.92. The number of halogens is 7. The minimum Gasteiger partial charge on any atom is -0.444 e. The molecule has 0 aliphatic carbocycles. The molecule has 0 radical (unpaired) electrons. The molecule has 13 heteroatoms. The van der Waals surface area contributed by atoms with Crippen LogP contribution in [-0.2, 0) is 9.47 Å². The first-order chi connectivity index (χ1) is 12.4. The van der Waals surface area contributed by atoms with Crippen LogP contribution in [-0.4, -0.2) is 37.6 Å². The Morgan fingerprint density at radius 2 is 1.52 bits per heavy atom. The molecule has 0 saturated heterocycles. The molecule has 1 aromatic heterocycles. The van der Waals surface area contributed by atoms with Gasteiger partial charge in [-0.05, 0) is 18.2 Å². The topological polar surface area (TPSA) is 66.8 Å². The minimum atomic E-state index is -1.83. The van der Waals surface area contributed by atoms with E-state index in [4.69, 9.17) is 90.7 Å². The van der Waals surface area contributed by atoms with E-state index in [-0.39, 0.29) is 5.88 Å². The summed E-state index contributed by atoms with van der Waals surface area (Å²) in [5, 5.41) is 0.858. The van der Waals surface area contributed by atoms with E-state index in [2.05, 4.69) is 4.74 Å². The smallest absolute Gasteiger partial charge is 0.444 e. The van der Waals surface area contributed by atoms with Crippen molar-refractivity contribution in [1.29, 1.82) is 0 Å². The van der Waals surface area contributed by atoms with Gasteiger partial charge in [0.25, 0.3) is 0 Å². The number of fused-ring (bicyclic) bond motifs is 1. The Hall–Kier alpha value is -0.470. The Balaban J connectivity index is 2.31. The first-order valence-electron chi connectivity index (χ1n) is 6.82. The highest BCUT2D eigenvalue weighted by Gasteiger charge is 2.27. The molecule has 0 fully saturated rings. The van der Waals surface area contributed by atoms with Crippen LogP contribution in [0.5, 0.6) is 5.88 Å². The third kappa shape index (κ3) is 7.13. The predicted octanol–water partition coefficient (Wildman–Crippen LogP) is 6.54. The molecule has 2 aromatic rings. The van der Waals surface area contributed by atoms with Gasteiger partial charge in [0.05, 0.1) is 5.52 Å². The fourth-order valence-corrected chi connectivity index (χ4v) is 2.40. The molecule has 0 aliphatic heterocycles. The lowest BCUT2D eigenvalue weighted by Crippen LogP contribution is -2.24. The Kier molecular flexibility index (Phi) is 7.53. The highest BCUT2D eigenvalue weighted by atomic mass is 35.6. The summed E-state index contributed by atoms with van der Waals surface area (Å²) in [5.74, 6) is -0.240. The number of hydrogen-bond acceptors (Lipinski definition) is 5. The van der Waals surface area contributed by atoms with Crippen LogP contribution >= 0.6 is 81.2 Å². The molecular weight excluding hydrogens is 510 g/mol. The van der Waals surface area contributed by atoms with Crippen molar-refractivity contribution in [2.75, 3.05) is 13.2 Å². The second-order valence-corrected chi connectivity index (χ2v) is 10.4. The summed E-state index contributed by atoms with van der Waals surface area (Å²) < 4.78 is 11.9. The largest absolute Gasteiger partial charge is 0.515 e. The molecule has 0 aliphatic rings. The molecule has 0 N–H and O–H groups in total. The molecule has 0 saturated carbocycles. The van der Waals surface area contributed by atoms with E-state index in [1.807, 2.05) is 0 Å². The van der Waals surface area contributed by atoms with Crippen LogP contribution in [0.25, 0.3) is 10.9 Å². The van der Waals surface area contributed by atoms with Crippen molar-refractivity contribution in [3.63, 3.8) is 0 Å². The molecule has 2 rings (SSSR count). The fraction of sp³-hybridized carbons (Fsp3) is 0.286. The number of benzene rings is 1. The van der Waals surface area contributed by atoms with Gasteiger partial charge in [-0.2, -0.15) is 0 Å². The summed E-state index contributed by atoms with van der Waals surface area (Å²) in [5.41, 5.74) is 0.317. The molecule has 0 spiro atoms. The number of alkyl halides is 6. The van der Waals surface area contributed by atoms with Gasteiger partial charge < -0.3 is 14.2 Å². The highest BCUT2D eigenvalue weighted by Crippen LogP contribution is 2.31. The van der Waals surface area contributed by atoms with Crippen molar-refractivity contribution < 1.29 is 23.8 Å². The third-order valence-electron chi connectivity index (χ3n) is 2.81. The lowest BCUT2D eigenvalue weighted by atomic mass is 10.2. The van der Waals surface area contributed by atoms with E-state index in [9.17, 15) is 9.59 Å². The summed E-state index contributed by atoms with van der Waals surface area (Å²) in [6.07, 6.45) is -2.19. The van der Waals surface area contributed by atoms with Gasteiger partial charge in [-0.3, -0.25) is 0 Å². The van der Waals surface area contributed by atoms with Gasteiger partial charge in [-0.25, -0.2) is 14.2 Å². The number of aromatic nitrogens is 1. The standard InChI is InChI=1S/C14H8Cl7NO5/c15-8-1-2-9-7(3-8)4-10(27-12(24)26-6-14(19,20)21)22(9)11(23)25-5-13(16,17)18/h1-4H,5-6H2. The SMILES string of the molecule is O=C(OCC(Cl)(Cl)Cl)Oc1cc2cc(Cl)ccc2n1C(=O)OCC(Cl)(Cl)Cl. The summed E-state index contributed by atoms with van der Waals surface area (Å²) >= 11 is 39.1. The van der Waals surface area contributed by atoms with Crippen molar-refractivity contribution in [1.82, 2.24) is 4.57 Å². The van der Waals surface area contributed by atoms with Gasteiger partial charge in [0, 0.05) is 16.5 Å². The molecule has 148 valence electrons. The molecule has 1 aromatic carbocycles. The molecule has 1 heterocycles. The van der Waals surface area contributed by atoms with Crippen LogP contribution in [0.15, 0.2) is 24.3 Å². The maximum absolute atomic E-state index is 12.4. The quantitative estimate of drug-likeness (QED) is 0.341. The minimum absolute atomic E-state index is 0.240. The van der Waals surface area contributed by atoms with Crippen molar-refractivity contribution in [2.45, 2.75) is 7.59 Å². The van der Waals surface area contributed by atoms with Crippen molar-refractivity contribution in [3.05, 3.63) is 29.3 Å². The molecular formula is C14H8Cl7NO5. The van der Waals surface area contributed by atoms with Gasteiger partial charge in [0.1, 0.15) is 13.2 Å². The number of carbonyl (C=O) groups is 2. The van der Waals surface area contributed by atoms with Crippen molar-refractivity contribution in [3.8, 4) is 5.88 Å². The van der Waals surface area contributed by atoms with Crippen LogP contribution in [0.1, 0.15) is 0 Å². The number of rotatable bonds is 3. The van der Waals surface area contributed by atoms with E-state index >= 15 is 0 Å². The van der Waals surface area contributed by atoms with E-state index in [1.54, 1.807) is 0 Å². The van der Waals surface area contributed by atoms with Crippen molar-refractivity contribution in [2.24, 2.45) is 0 Å². The van der Waals surface area contributed by atoms with Crippen LogP contribution < -0.4 is 4.74 Å². The van der Waals surface area contributed by atoms with Gasteiger partial charge in [-0.1, -0.05) is 81.2 Å². The zero-order chi connectivity index (χ0) is 20.4.